The first-order valence-corrected chi connectivity index (χ1v) is 4.63. The fraction of sp³-hybridized carbons (Fsp3) is 0.143. The number of aromatic nitrogens is 1. The molecule has 0 atom stereocenters. The SMILES string of the molecule is O=Cc1ncc(I)c(C(F)F)c1[N+](=O)[O-]. The molecular formula is C7H3F2IN2O3. The van der Waals surface area contributed by atoms with Gasteiger partial charge in [0, 0.05) is 9.77 Å². The van der Waals surface area contributed by atoms with Gasteiger partial charge in [-0.3, -0.25) is 14.9 Å². The Morgan fingerprint density at radius 2 is 2.20 bits per heavy atom. The summed E-state index contributed by atoms with van der Waals surface area (Å²) in [4.78, 5) is 23.3. The van der Waals surface area contributed by atoms with Crippen LogP contribution in [0.5, 0.6) is 0 Å². The van der Waals surface area contributed by atoms with E-state index in [4.69, 9.17) is 0 Å². The van der Waals surface area contributed by atoms with Gasteiger partial charge in [-0.1, -0.05) is 0 Å². The van der Waals surface area contributed by atoms with E-state index in [1.54, 1.807) is 0 Å². The monoisotopic (exact) mass is 328 g/mol. The molecule has 1 aromatic heterocycles. The summed E-state index contributed by atoms with van der Waals surface area (Å²) in [5.74, 6) is 0. The van der Waals surface area contributed by atoms with Crippen LogP contribution in [0.1, 0.15) is 22.5 Å². The third kappa shape index (κ3) is 2.25. The summed E-state index contributed by atoms with van der Waals surface area (Å²) in [6, 6.07) is 0. The molecule has 0 saturated heterocycles. The molecule has 0 aliphatic carbocycles. The summed E-state index contributed by atoms with van der Waals surface area (Å²) >= 11 is 1.50. The van der Waals surface area contributed by atoms with Crippen molar-refractivity contribution in [2.75, 3.05) is 0 Å². The number of halogens is 3. The summed E-state index contributed by atoms with van der Waals surface area (Å²) in [6.07, 6.45) is -1.93. The van der Waals surface area contributed by atoms with Gasteiger partial charge in [-0.25, -0.2) is 13.8 Å². The number of rotatable bonds is 3. The zero-order chi connectivity index (χ0) is 11.6. The van der Waals surface area contributed by atoms with Crippen molar-refractivity contribution in [3.63, 3.8) is 0 Å². The van der Waals surface area contributed by atoms with Gasteiger partial charge in [-0.05, 0) is 22.6 Å². The first-order chi connectivity index (χ1) is 6.99. The van der Waals surface area contributed by atoms with Gasteiger partial charge in [0.1, 0.15) is 5.56 Å². The Hall–Kier alpha value is -1.19. The van der Waals surface area contributed by atoms with Crippen LogP contribution in [-0.2, 0) is 0 Å². The number of alkyl halides is 2. The van der Waals surface area contributed by atoms with Gasteiger partial charge in [0.25, 0.3) is 6.43 Å². The fourth-order valence-electron chi connectivity index (χ4n) is 0.994. The number of hydrogen-bond acceptors (Lipinski definition) is 4. The molecule has 0 saturated carbocycles. The summed E-state index contributed by atoms with van der Waals surface area (Å²) in [5, 5.41) is 10.5. The van der Waals surface area contributed by atoms with Crippen LogP contribution in [-0.4, -0.2) is 16.2 Å². The number of carbonyl (C=O) groups excluding carboxylic acids is 1. The number of hydrogen-bond donors (Lipinski definition) is 0. The quantitative estimate of drug-likeness (QED) is 0.369. The van der Waals surface area contributed by atoms with Gasteiger partial charge >= 0.3 is 5.69 Å². The fourth-order valence-corrected chi connectivity index (χ4v) is 1.62. The van der Waals surface area contributed by atoms with E-state index in [2.05, 4.69) is 4.98 Å². The van der Waals surface area contributed by atoms with Crippen LogP contribution in [0.2, 0.25) is 0 Å². The Morgan fingerprint density at radius 3 is 2.60 bits per heavy atom. The topological polar surface area (TPSA) is 73.1 Å². The van der Waals surface area contributed by atoms with Gasteiger partial charge in [-0.2, -0.15) is 0 Å². The normalized spacial score (nSPS) is 10.4. The third-order valence-corrected chi connectivity index (χ3v) is 2.44. The van der Waals surface area contributed by atoms with Crippen LogP contribution in [0.3, 0.4) is 0 Å². The highest BCUT2D eigenvalue weighted by atomic mass is 127. The zero-order valence-electron chi connectivity index (χ0n) is 6.99. The second-order valence-electron chi connectivity index (χ2n) is 2.43. The molecule has 80 valence electrons. The van der Waals surface area contributed by atoms with Gasteiger partial charge in [0.05, 0.1) is 4.92 Å². The van der Waals surface area contributed by atoms with E-state index in [1.807, 2.05) is 0 Å². The van der Waals surface area contributed by atoms with Crippen molar-refractivity contribution in [1.82, 2.24) is 4.98 Å². The van der Waals surface area contributed by atoms with E-state index >= 15 is 0 Å². The van der Waals surface area contributed by atoms with Gasteiger partial charge in [-0.15, -0.1) is 0 Å². The first kappa shape index (κ1) is 11.9. The van der Waals surface area contributed by atoms with Crippen molar-refractivity contribution >= 4 is 34.6 Å². The smallest absolute Gasteiger partial charge is 0.296 e. The average Bonchev–Trinajstić information content (AvgIpc) is 2.16. The van der Waals surface area contributed by atoms with Crippen molar-refractivity contribution in [3.05, 3.63) is 31.1 Å². The molecular weight excluding hydrogens is 325 g/mol. The third-order valence-electron chi connectivity index (χ3n) is 1.58. The molecule has 0 aliphatic heterocycles. The van der Waals surface area contributed by atoms with E-state index in [-0.39, 0.29) is 9.86 Å². The molecule has 5 nitrogen and oxygen atoms in total. The summed E-state index contributed by atoms with van der Waals surface area (Å²) in [6.45, 7) is 0. The first-order valence-electron chi connectivity index (χ1n) is 3.55. The summed E-state index contributed by atoms with van der Waals surface area (Å²) < 4.78 is 25.0. The molecule has 0 N–H and O–H groups in total. The molecule has 15 heavy (non-hydrogen) atoms. The van der Waals surface area contributed by atoms with Crippen LogP contribution in [0.25, 0.3) is 0 Å². The van der Waals surface area contributed by atoms with Crippen LogP contribution in [0, 0.1) is 13.7 Å². The Morgan fingerprint density at radius 1 is 1.60 bits per heavy atom. The molecule has 0 aliphatic rings. The Bertz CT molecular complexity index is 425. The van der Waals surface area contributed by atoms with Gasteiger partial charge in [0.15, 0.2) is 12.0 Å². The molecule has 0 unspecified atom stereocenters. The van der Waals surface area contributed by atoms with Gasteiger partial charge in [0.2, 0.25) is 0 Å². The molecule has 1 heterocycles. The van der Waals surface area contributed by atoms with Crippen molar-refractivity contribution < 1.29 is 18.5 Å². The predicted octanol–water partition coefficient (Wildman–Crippen LogP) is 2.34. The highest BCUT2D eigenvalue weighted by Crippen LogP contribution is 2.33. The molecule has 0 aromatic carbocycles. The predicted molar refractivity (Wildman–Crippen MR) is 54.0 cm³/mol. The van der Waals surface area contributed by atoms with E-state index in [1.165, 1.54) is 22.6 Å². The van der Waals surface area contributed by atoms with Crippen molar-refractivity contribution in [2.24, 2.45) is 0 Å². The minimum Gasteiger partial charge on any atom is -0.296 e. The molecule has 0 radical (unpaired) electrons. The standard InChI is InChI=1S/C7H3F2IN2O3/c8-7(9)5-3(10)1-11-4(2-13)6(5)12(14)15/h1-2,7H. The lowest BCUT2D eigenvalue weighted by Gasteiger charge is -2.04. The lowest BCUT2D eigenvalue weighted by atomic mass is 10.2. The van der Waals surface area contributed by atoms with E-state index < -0.39 is 28.3 Å². The van der Waals surface area contributed by atoms with Crippen LogP contribution in [0.4, 0.5) is 14.5 Å². The zero-order valence-corrected chi connectivity index (χ0v) is 9.14. The minimum absolute atomic E-state index is 0.0418. The van der Waals surface area contributed by atoms with Gasteiger partial charge < -0.3 is 0 Å². The highest BCUT2D eigenvalue weighted by molar-refractivity contribution is 14.1. The Kier molecular flexibility index (Phi) is 3.61. The number of carbonyl (C=O) groups is 1. The number of pyridine rings is 1. The Balaban J connectivity index is 3.58. The highest BCUT2D eigenvalue weighted by Gasteiger charge is 2.29. The second-order valence-corrected chi connectivity index (χ2v) is 3.59. The number of nitrogens with zero attached hydrogens (tertiary/aromatic N) is 2. The second kappa shape index (κ2) is 4.55. The van der Waals surface area contributed by atoms with Crippen molar-refractivity contribution in [3.8, 4) is 0 Å². The maximum Gasteiger partial charge on any atom is 0.308 e. The maximum atomic E-state index is 12.5. The lowest BCUT2D eigenvalue weighted by molar-refractivity contribution is -0.386. The molecule has 0 bridgehead atoms. The molecule has 8 heteroatoms. The molecule has 0 spiro atoms. The lowest BCUT2D eigenvalue weighted by Crippen LogP contribution is -2.05. The summed E-state index contributed by atoms with van der Waals surface area (Å²) in [7, 11) is 0. The van der Waals surface area contributed by atoms with Crippen LogP contribution < -0.4 is 0 Å². The molecule has 0 fully saturated rings. The number of aldehydes is 1. The maximum absolute atomic E-state index is 12.5. The molecule has 1 aromatic rings. The van der Waals surface area contributed by atoms with Crippen LogP contribution >= 0.6 is 22.6 Å². The molecule has 0 amide bonds. The Labute approximate surface area is 95.8 Å². The molecule has 1 rings (SSSR count). The van der Waals surface area contributed by atoms with E-state index in [0.717, 1.165) is 6.20 Å². The van der Waals surface area contributed by atoms with Crippen molar-refractivity contribution in [2.45, 2.75) is 6.43 Å². The summed E-state index contributed by atoms with van der Waals surface area (Å²) in [5.41, 5.74) is -2.28. The average molecular weight is 328 g/mol. The minimum atomic E-state index is -3.01. The number of nitro groups is 1. The van der Waals surface area contributed by atoms with Crippen molar-refractivity contribution in [1.29, 1.82) is 0 Å². The van der Waals surface area contributed by atoms with E-state index in [0.29, 0.717) is 0 Å². The largest absolute Gasteiger partial charge is 0.308 e. The van der Waals surface area contributed by atoms with Crippen LogP contribution in [0.15, 0.2) is 6.20 Å². The van der Waals surface area contributed by atoms with E-state index in [9.17, 15) is 23.7 Å².